The summed E-state index contributed by atoms with van der Waals surface area (Å²) in [5.41, 5.74) is 2.45. The third-order valence-corrected chi connectivity index (χ3v) is 2.44. The minimum absolute atomic E-state index is 0.789. The summed E-state index contributed by atoms with van der Waals surface area (Å²) in [4.78, 5) is 4.30. The molecule has 0 spiro atoms. The van der Waals surface area contributed by atoms with E-state index in [1.807, 2.05) is 30.3 Å². The van der Waals surface area contributed by atoms with E-state index >= 15 is 0 Å². The molecule has 3 aromatic rings. The molecular formula is C12H9NO2. The Labute approximate surface area is 86.3 Å². The van der Waals surface area contributed by atoms with Gasteiger partial charge in [-0.05, 0) is 24.3 Å². The highest BCUT2D eigenvalue weighted by molar-refractivity contribution is 6.05. The van der Waals surface area contributed by atoms with Crippen LogP contribution in [0.25, 0.3) is 22.1 Å². The second kappa shape index (κ2) is 2.98. The summed E-state index contributed by atoms with van der Waals surface area (Å²) in [5.74, 6) is 0.796. The van der Waals surface area contributed by atoms with Crippen molar-refractivity contribution in [3.8, 4) is 5.75 Å². The molecule has 0 unspecified atom stereocenters. The average Bonchev–Trinajstić information content (AvgIpc) is 2.67. The predicted molar refractivity (Wildman–Crippen MR) is 58.1 cm³/mol. The number of fused-ring (bicyclic) bond motifs is 3. The van der Waals surface area contributed by atoms with Crippen LogP contribution in [0.4, 0.5) is 0 Å². The van der Waals surface area contributed by atoms with Gasteiger partial charge in [-0.15, -0.1) is 0 Å². The molecular weight excluding hydrogens is 190 g/mol. The Kier molecular flexibility index (Phi) is 1.65. The third-order valence-electron chi connectivity index (χ3n) is 2.44. The van der Waals surface area contributed by atoms with Gasteiger partial charge in [0.2, 0.25) is 0 Å². The van der Waals surface area contributed by atoms with Crippen molar-refractivity contribution in [1.82, 2.24) is 4.98 Å². The van der Waals surface area contributed by atoms with Gasteiger partial charge in [0.1, 0.15) is 16.8 Å². The molecule has 3 heteroatoms. The monoisotopic (exact) mass is 199 g/mol. The van der Waals surface area contributed by atoms with Gasteiger partial charge in [0.15, 0.2) is 5.58 Å². The van der Waals surface area contributed by atoms with E-state index in [0.717, 1.165) is 27.8 Å². The number of methoxy groups -OCH3 is 1. The normalized spacial score (nSPS) is 11.0. The zero-order valence-corrected chi connectivity index (χ0v) is 8.23. The molecule has 0 bridgehead atoms. The number of pyridine rings is 1. The number of nitrogens with zero attached hydrogens (tertiary/aromatic N) is 1. The second-order valence-electron chi connectivity index (χ2n) is 3.29. The highest BCUT2D eigenvalue weighted by Crippen LogP contribution is 2.33. The molecule has 0 atom stereocenters. The van der Waals surface area contributed by atoms with E-state index in [1.54, 1.807) is 13.3 Å². The van der Waals surface area contributed by atoms with Crippen LogP contribution >= 0.6 is 0 Å². The summed E-state index contributed by atoms with van der Waals surface area (Å²) in [6.45, 7) is 0. The Balaban J connectivity index is 2.56. The van der Waals surface area contributed by atoms with Crippen molar-refractivity contribution in [3.63, 3.8) is 0 Å². The molecule has 0 aliphatic rings. The average molecular weight is 199 g/mol. The lowest BCUT2D eigenvalue weighted by Gasteiger charge is -1.99. The first-order chi connectivity index (χ1) is 7.40. The maximum Gasteiger partial charge on any atom is 0.154 e. The van der Waals surface area contributed by atoms with Gasteiger partial charge in [0.25, 0.3) is 0 Å². The number of aromatic nitrogens is 1. The first kappa shape index (κ1) is 8.29. The Hall–Kier alpha value is -2.03. The van der Waals surface area contributed by atoms with Crippen LogP contribution in [0.2, 0.25) is 0 Å². The van der Waals surface area contributed by atoms with Gasteiger partial charge in [0.05, 0.1) is 12.5 Å². The van der Waals surface area contributed by atoms with Crippen LogP contribution in [-0.2, 0) is 0 Å². The lowest BCUT2D eigenvalue weighted by molar-refractivity contribution is 0.420. The van der Waals surface area contributed by atoms with Crippen molar-refractivity contribution in [1.29, 1.82) is 0 Å². The van der Waals surface area contributed by atoms with Crippen LogP contribution in [0.15, 0.2) is 40.9 Å². The van der Waals surface area contributed by atoms with Crippen molar-refractivity contribution < 1.29 is 9.15 Å². The fourth-order valence-corrected chi connectivity index (χ4v) is 1.78. The number of rotatable bonds is 1. The number of benzene rings is 1. The first-order valence-electron chi connectivity index (χ1n) is 4.70. The summed E-state index contributed by atoms with van der Waals surface area (Å²) in [6.07, 6.45) is 1.75. The standard InChI is InChI=1S/C12H9NO2/c1-14-8-4-2-5-9-11(8)12-10(15-9)6-3-7-13-12/h2-7H,1H3. The predicted octanol–water partition coefficient (Wildman–Crippen LogP) is 2.99. The molecule has 0 fully saturated rings. The molecule has 0 amide bonds. The van der Waals surface area contributed by atoms with Crippen LogP contribution in [0.3, 0.4) is 0 Å². The highest BCUT2D eigenvalue weighted by Gasteiger charge is 2.11. The summed E-state index contributed by atoms with van der Waals surface area (Å²) >= 11 is 0. The van der Waals surface area contributed by atoms with Gasteiger partial charge in [-0.25, -0.2) is 0 Å². The van der Waals surface area contributed by atoms with Gasteiger partial charge in [0, 0.05) is 6.20 Å². The van der Waals surface area contributed by atoms with E-state index in [1.165, 1.54) is 0 Å². The maximum atomic E-state index is 5.65. The van der Waals surface area contributed by atoms with Crippen molar-refractivity contribution in [3.05, 3.63) is 36.5 Å². The van der Waals surface area contributed by atoms with E-state index in [4.69, 9.17) is 9.15 Å². The third kappa shape index (κ3) is 1.09. The molecule has 74 valence electrons. The molecule has 1 aromatic carbocycles. The molecule has 0 saturated heterocycles. The smallest absolute Gasteiger partial charge is 0.154 e. The number of hydrogen-bond acceptors (Lipinski definition) is 3. The zero-order valence-electron chi connectivity index (χ0n) is 8.23. The van der Waals surface area contributed by atoms with Crippen LogP contribution in [-0.4, -0.2) is 12.1 Å². The Bertz CT molecular complexity index is 628. The lowest BCUT2D eigenvalue weighted by atomic mass is 10.2. The maximum absolute atomic E-state index is 5.65. The van der Waals surface area contributed by atoms with E-state index < -0.39 is 0 Å². The molecule has 3 nitrogen and oxygen atoms in total. The minimum Gasteiger partial charge on any atom is -0.496 e. The van der Waals surface area contributed by atoms with E-state index in [9.17, 15) is 0 Å². The van der Waals surface area contributed by atoms with Gasteiger partial charge >= 0.3 is 0 Å². The van der Waals surface area contributed by atoms with Crippen LogP contribution < -0.4 is 4.74 Å². The van der Waals surface area contributed by atoms with Crippen LogP contribution in [0, 0.1) is 0 Å². The van der Waals surface area contributed by atoms with Crippen molar-refractivity contribution in [2.45, 2.75) is 0 Å². The van der Waals surface area contributed by atoms with Crippen LogP contribution in [0.1, 0.15) is 0 Å². The number of ether oxygens (including phenoxy) is 1. The molecule has 2 heterocycles. The molecule has 0 N–H and O–H groups in total. The van der Waals surface area contributed by atoms with Crippen molar-refractivity contribution in [2.24, 2.45) is 0 Å². The van der Waals surface area contributed by atoms with E-state index in [2.05, 4.69) is 4.98 Å². The Morgan fingerprint density at radius 2 is 2.00 bits per heavy atom. The van der Waals surface area contributed by atoms with Gasteiger partial charge in [-0.3, -0.25) is 4.98 Å². The number of hydrogen-bond donors (Lipinski definition) is 0. The molecule has 0 radical (unpaired) electrons. The van der Waals surface area contributed by atoms with Crippen molar-refractivity contribution >= 4 is 22.1 Å². The Morgan fingerprint density at radius 3 is 2.87 bits per heavy atom. The van der Waals surface area contributed by atoms with Crippen molar-refractivity contribution in [2.75, 3.05) is 7.11 Å². The molecule has 15 heavy (non-hydrogen) atoms. The summed E-state index contributed by atoms with van der Waals surface area (Å²) < 4.78 is 10.9. The minimum atomic E-state index is 0.789. The largest absolute Gasteiger partial charge is 0.496 e. The topological polar surface area (TPSA) is 35.3 Å². The van der Waals surface area contributed by atoms with Gasteiger partial charge in [-0.1, -0.05) is 6.07 Å². The summed E-state index contributed by atoms with van der Waals surface area (Å²) in [6, 6.07) is 9.49. The summed E-state index contributed by atoms with van der Waals surface area (Å²) in [7, 11) is 1.65. The second-order valence-corrected chi connectivity index (χ2v) is 3.29. The highest BCUT2D eigenvalue weighted by atomic mass is 16.5. The molecule has 2 aromatic heterocycles. The molecule has 0 aliphatic heterocycles. The lowest BCUT2D eigenvalue weighted by Crippen LogP contribution is -1.83. The van der Waals surface area contributed by atoms with E-state index in [-0.39, 0.29) is 0 Å². The SMILES string of the molecule is COc1cccc2oc3cccnc3c12. The molecule has 3 rings (SSSR count). The quantitative estimate of drug-likeness (QED) is 0.604. The molecule has 0 aliphatic carbocycles. The summed E-state index contributed by atoms with van der Waals surface area (Å²) in [5, 5.41) is 0.940. The van der Waals surface area contributed by atoms with Crippen LogP contribution in [0.5, 0.6) is 5.75 Å². The van der Waals surface area contributed by atoms with E-state index in [0.29, 0.717) is 0 Å². The first-order valence-corrected chi connectivity index (χ1v) is 4.70. The zero-order chi connectivity index (χ0) is 10.3. The van der Waals surface area contributed by atoms with Gasteiger partial charge in [-0.2, -0.15) is 0 Å². The molecule has 0 saturated carbocycles. The fraction of sp³-hybridized carbons (Fsp3) is 0.0833. The number of furan rings is 1. The van der Waals surface area contributed by atoms with Gasteiger partial charge < -0.3 is 9.15 Å². The Morgan fingerprint density at radius 1 is 1.13 bits per heavy atom. The fourth-order valence-electron chi connectivity index (χ4n) is 1.78.